The summed E-state index contributed by atoms with van der Waals surface area (Å²) in [4.78, 5) is 50.6. The minimum Gasteiger partial charge on any atom is -0.452 e. The van der Waals surface area contributed by atoms with Gasteiger partial charge in [0.1, 0.15) is 0 Å². The van der Waals surface area contributed by atoms with Crippen LogP contribution in [0.25, 0.3) is 0 Å². The molecule has 9 heteroatoms. The lowest BCUT2D eigenvalue weighted by atomic mass is 10.1. The van der Waals surface area contributed by atoms with Crippen LogP contribution in [0.4, 0.5) is 10.5 Å². The number of nitrogens with one attached hydrogen (secondary N) is 2. The van der Waals surface area contributed by atoms with Crippen LogP contribution in [0.3, 0.4) is 0 Å². The molecule has 1 saturated heterocycles. The van der Waals surface area contributed by atoms with Crippen molar-refractivity contribution in [2.45, 2.75) is 32.2 Å². The molecule has 1 aliphatic heterocycles. The molecular weight excluding hydrogens is 438 g/mol. The van der Waals surface area contributed by atoms with Crippen molar-refractivity contribution in [1.82, 2.24) is 10.2 Å². The van der Waals surface area contributed by atoms with Gasteiger partial charge in [0.25, 0.3) is 5.91 Å². The van der Waals surface area contributed by atoms with Crippen molar-refractivity contribution in [1.29, 1.82) is 0 Å². The zero-order chi connectivity index (χ0) is 24.3. The Balaban J connectivity index is 1.46. The molecular formula is C25H29N3O6. The van der Waals surface area contributed by atoms with E-state index in [2.05, 4.69) is 10.6 Å². The number of likely N-dealkylation sites (tertiary alicyclic amines) is 1. The molecule has 9 nitrogen and oxygen atoms in total. The fourth-order valence-electron chi connectivity index (χ4n) is 3.65. The second-order valence-electron chi connectivity index (χ2n) is 7.86. The maximum Gasteiger partial charge on any atom is 0.409 e. The fraction of sp³-hybridized carbons (Fsp3) is 0.360. The van der Waals surface area contributed by atoms with Crippen molar-refractivity contribution in [2.24, 2.45) is 0 Å². The molecule has 2 aromatic rings. The summed E-state index contributed by atoms with van der Waals surface area (Å²) in [5.74, 6) is -1.39. The Morgan fingerprint density at radius 2 is 1.59 bits per heavy atom. The van der Waals surface area contributed by atoms with Crippen molar-refractivity contribution in [2.75, 3.05) is 31.6 Å². The first-order chi connectivity index (χ1) is 16.5. The van der Waals surface area contributed by atoms with Crippen molar-refractivity contribution in [3.05, 3.63) is 65.7 Å². The van der Waals surface area contributed by atoms with Crippen molar-refractivity contribution < 1.29 is 28.7 Å². The number of piperidine rings is 1. The molecule has 0 bridgehead atoms. The number of rotatable bonds is 8. The first-order valence-electron chi connectivity index (χ1n) is 11.3. The molecule has 1 heterocycles. The molecule has 1 aliphatic rings. The number of esters is 1. The normalized spacial score (nSPS) is 13.6. The van der Waals surface area contributed by atoms with Crippen LogP contribution < -0.4 is 10.6 Å². The minimum atomic E-state index is -0.706. The van der Waals surface area contributed by atoms with Crippen LogP contribution in [0.1, 0.15) is 35.7 Å². The Morgan fingerprint density at radius 1 is 0.912 bits per heavy atom. The van der Waals surface area contributed by atoms with E-state index in [1.54, 1.807) is 30.0 Å². The molecule has 3 rings (SSSR count). The summed E-state index contributed by atoms with van der Waals surface area (Å²) in [6.07, 6.45) is 1.00. The maximum absolute atomic E-state index is 12.6. The third-order valence-electron chi connectivity index (χ3n) is 5.35. The van der Waals surface area contributed by atoms with E-state index < -0.39 is 18.5 Å². The van der Waals surface area contributed by atoms with E-state index in [9.17, 15) is 19.2 Å². The topological polar surface area (TPSA) is 114 Å². The van der Waals surface area contributed by atoms with Gasteiger partial charge >= 0.3 is 12.1 Å². The number of benzene rings is 2. The Bertz CT molecular complexity index is 1000. The fourth-order valence-corrected chi connectivity index (χ4v) is 3.65. The molecule has 2 aromatic carbocycles. The van der Waals surface area contributed by atoms with Gasteiger partial charge in [0.2, 0.25) is 5.91 Å². The predicted octanol–water partition coefficient (Wildman–Crippen LogP) is 2.76. The highest BCUT2D eigenvalue weighted by molar-refractivity contribution is 6.02. The van der Waals surface area contributed by atoms with Crippen molar-refractivity contribution in [3.63, 3.8) is 0 Å². The van der Waals surface area contributed by atoms with E-state index in [4.69, 9.17) is 9.47 Å². The van der Waals surface area contributed by atoms with Gasteiger partial charge in [-0.15, -0.1) is 0 Å². The van der Waals surface area contributed by atoms with E-state index in [1.165, 1.54) is 6.07 Å². The number of hydrogen-bond acceptors (Lipinski definition) is 6. The number of para-hydroxylation sites is 1. The number of hydrogen-bond donors (Lipinski definition) is 2. The minimum absolute atomic E-state index is 0.110. The summed E-state index contributed by atoms with van der Waals surface area (Å²) in [5.41, 5.74) is 1.34. The van der Waals surface area contributed by atoms with Crippen LogP contribution >= 0.6 is 0 Å². The molecule has 1 fully saturated rings. The number of ether oxygens (including phenoxy) is 2. The van der Waals surface area contributed by atoms with Crippen LogP contribution in [0, 0.1) is 0 Å². The summed E-state index contributed by atoms with van der Waals surface area (Å²) < 4.78 is 10.2. The molecule has 0 aliphatic carbocycles. The third kappa shape index (κ3) is 7.33. The van der Waals surface area contributed by atoms with Crippen LogP contribution in [0.5, 0.6) is 0 Å². The third-order valence-corrected chi connectivity index (χ3v) is 5.35. The molecule has 0 spiro atoms. The SMILES string of the molecule is CCOC(=O)N1CCC(NC(=O)COC(=O)c2ccccc2NC(=O)Cc2ccccc2)CC1. The molecule has 0 unspecified atom stereocenters. The van der Waals surface area contributed by atoms with Crippen LogP contribution in [-0.4, -0.2) is 61.1 Å². The second kappa shape index (κ2) is 12.4. The van der Waals surface area contributed by atoms with Gasteiger partial charge in [-0.25, -0.2) is 9.59 Å². The average Bonchev–Trinajstić information content (AvgIpc) is 2.84. The zero-order valence-corrected chi connectivity index (χ0v) is 19.1. The van der Waals surface area contributed by atoms with Gasteiger partial charge < -0.3 is 25.0 Å². The lowest BCUT2D eigenvalue weighted by Gasteiger charge is -2.31. The molecule has 180 valence electrons. The maximum atomic E-state index is 12.6. The summed E-state index contributed by atoms with van der Waals surface area (Å²) in [6.45, 7) is 2.60. The molecule has 0 aromatic heterocycles. The molecule has 0 atom stereocenters. The van der Waals surface area contributed by atoms with Crippen molar-refractivity contribution in [3.8, 4) is 0 Å². The summed E-state index contributed by atoms with van der Waals surface area (Å²) in [6, 6.07) is 15.6. The highest BCUT2D eigenvalue weighted by Gasteiger charge is 2.25. The van der Waals surface area contributed by atoms with Gasteiger partial charge in [0.15, 0.2) is 6.61 Å². The second-order valence-corrected chi connectivity index (χ2v) is 7.86. The van der Waals surface area contributed by atoms with Crippen LogP contribution in [0.15, 0.2) is 54.6 Å². The molecule has 0 radical (unpaired) electrons. The monoisotopic (exact) mass is 467 g/mol. The quantitative estimate of drug-likeness (QED) is 0.577. The number of nitrogens with zero attached hydrogens (tertiary/aromatic N) is 1. The molecule has 0 saturated carbocycles. The van der Waals surface area contributed by atoms with E-state index in [0.29, 0.717) is 38.2 Å². The first-order valence-corrected chi connectivity index (χ1v) is 11.3. The Morgan fingerprint density at radius 3 is 2.29 bits per heavy atom. The van der Waals surface area contributed by atoms with Gasteiger partial charge in [0, 0.05) is 19.1 Å². The molecule has 2 N–H and O–H groups in total. The van der Waals surface area contributed by atoms with Crippen molar-refractivity contribution >= 4 is 29.6 Å². The lowest BCUT2D eigenvalue weighted by Crippen LogP contribution is -2.47. The Hall–Kier alpha value is -3.88. The highest BCUT2D eigenvalue weighted by atomic mass is 16.6. The van der Waals surface area contributed by atoms with Gasteiger partial charge in [-0.05, 0) is 37.5 Å². The van der Waals surface area contributed by atoms with Crippen LogP contribution in [-0.2, 0) is 25.5 Å². The predicted molar refractivity (Wildman–Crippen MR) is 125 cm³/mol. The lowest BCUT2D eigenvalue weighted by molar-refractivity contribution is -0.125. The molecule has 3 amide bonds. The number of carbonyl (C=O) groups excluding carboxylic acids is 4. The standard InChI is InChI=1S/C25H29N3O6/c1-2-33-25(32)28-14-12-19(13-15-28)26-23(30)17-34-24(31)20-10-6-7-11-21(20)27-22(29)16-18-8-4-3-5-9-18/h3-11,19H,2,12-17H2,1H3,(H,26,30)(H,27,29). The number of amides is 3. The zero-order valence-electron chi connectivity index (χ0n) is 19.1. The largest absolute Gasteiger partial charge is 0.452 e. The van der Waals surface area contributed by atoms with E-state index in [0.717, 1.165) is 5.56 Å². The first kappa shape index (κ1) is 24.8. The van der Waals surface area contributed by atoms with Crippen LogP contribution in [0.2, 0.25) is 0 Å². The number of anilines is 1. The molecule has 34 heavy (non-hydrogen) atoms. The Labute approximate surface area is 198 Å². The Kier molecular flexibility index (Phi) is 9.02. The summed E-state index contributed by atoms with van der Waals surface area (Å²) in [5, 5.41) is 5.56. The van der Waals surface area contributed by atoms with E-state index in [-0.39, 0.29) is 30.0 Å². The van der Waals surface area contributed by atoms with Gasteiger partial charge in [-0.3, -0.25) is 9.59 Å². The van der Waals surface area contributed by atoms with E-state index in [1.807, 2.05) is 30.3 Å². The van der Waals surface area contributed by atoms with E-state index >= 15 is 0 Å². The summed E-state index contributed by atoms with van der Waals surface area (Å²) >= 11 is 0. The van der Waals surface area contributed by atoms with Gasteiger partial charge in [-0.2, -0.15) is 0 Å². The highest BCUT2D eigenvalue weighted by Crippen LogP contribution is 2.17. The number of carbonyl (C=O) groups is 4. The van der Waals surface area contributed by atoms with Gasteiger partial charge in [0.05, 0.1) is 24.3 Å². The summed E-state index contributed by atoms with van der Waals surface area (Å²) in [7, 11) is 0. The van der Waals surface area contributed by atoms with Gasteiger partial charge in [-0.1, -0.05) is 42.5 Å². The smallest absolute Gasteiger partial charge is 0.409 e. The average molecular weight is 468 g/mol.